The van der Waals surface area contributed by atoms with E-state index in [0.29, 0.717) is 19.3 Å². The second-order valence-corrected chi connectivity index (χ2v) is 17.7. The van der Waals surface area contributed by atoms with Crippen molar-refractivity contribution in [2.24, 2.45) is 0 Å². The van der Waals surface area contributed by atoms with E-state index in [-0.39, 0.29) is 12.8 Å². The van der Waals surface area contributed by atoms with Crippen molar-refractivity contribution in [3.05, 3.63) is 48.6 Å². The topological polar surface area (TPSA) is 210 Å². The lowest BCUT2D eigenvalue weighted by molar-refractivity contribution is -0.220. The van der Waals surface area contributed by atoms with Crippen molar-refractivity contribution in [1.82, 2.24) is 0 Å². The second kappa shape index (κ2) is 37.2. The fourth-order valence-electron chi connectivity index (χ4n) is 6.81. The predicted molar refractivity (Wildman–Crippen MR) is 239 cm³/mol. The Balaban J connectivity index is 2.49. The highest BCUT2D eigenvalue weighted by atomic mass is 31.2. The van der Waals surface area contributed by atoms with E-state index in [1.165, 1.54) is 83.5 Å². The van der Waals surface area contributed by atoms with Crippen molar-refractivity contribution in [3.8, 4) is 0 Å². The fourth-order valence-corrected chi connectivity index (χ4v) is 7.79. The highest BCUT2D eigenvalue weighted by Gasteiger charge is 2.51. The van der Waals surface area contributed by atoms with Crippen LogP contribution in [0.25, 0.3) is 0 Å². The van der Waals surface area contributed by atoms with Gasteiger partial charge in [-0.2, -0.15) is 0 Å². The summed E-state index contributed by atoms with van der Waals surface area (Å²) in [4.78, 5) is 35.7. The molecule has 1 fully saturated rings. The average molecular weight is 887 g/mol. The average Bonchev–Trinajstić information content (AvgIpc) is 3.24. The summed E-state index contributed by atoms with van der Waals surface area (Å²) < 4.78 is 33.5. The van der Waals surface area contributed by atoms with Crippen LogP contribution in [0, 0.1) is 0 Å². The number of unbranched alkanes of at least 4 members (excludes halogenated alkanes) is 18. The number of rotatable bonds is 38. The smallest absolute Gasteiger partial charge is 0.462 e. The number of esters is 2. The summed E-state index contributed by atoms with van der Waals surface area (Å²) in [6.07, 6.45) is 30.3. The fraction of sp³-hybridized carbons (Fsp3) is 0.787. The molecule has 0 aromatic heterocycles. The first-order valence-electron chi connectivity index (χ1n) is 23.4. The second-order valence-electron chi connectivity index (χ2n) is 16.3. The molecule has 0 spiro atoms. The minimum Gasteiger partial charge on any atom is -0.462 e. The number of allylic oxidation sites excluding steroid dienone is 8. The van der Waals surface area contributed by atoms with Gasteiger partial charge in [0.25, 0.3) is 0 Å². The number of carbonyl (C=O) groups is 2. The van der Waals surface area contributed by atoms with Gasteiger partial charge in [0.1, 0.15) is 43.2 Å². The first kappa shape index (κ1) is 56.8. The van der Waals surface area contributed by atoms with E-state index in [9.17, 15) is 44.6 Å². The summed E-state index contributed by atoms with van der Waals surface area (Å²) >= 11 is 0. The Hall–Kier alpha value is -2.19. The molecule has 61 heavy (non-hydrogen) atoms. The molecule has 6 unspecified atom stereocenters. The van der Waals surface area contributed by atoms with Crippen LogP contribution in [0.5, 0.6) is 0 Å². The summed E-state index contributed by atoms with van der Waals surface area (Å²) in [7, 11) is -5.13. The van der Waals surface area contributed by atoms with Crippen LogP contribution in [0.4, 0.5) is 0 Å². The molecule has 1 saturated carbocycles. The van der Waals surface area contributed by atoms with Crippen molar-refractivity contribution >= 4 is 19.8 Å². The van der Waals surface area contributed by atoms with Crippen molar-refractivity contribution in [3.63, 3.8) is 0 Å². The molecule has 0 heterocycles. The molecule has 0 saturated heterocycles. The van der Waals surface area contributed by atoms with Crippen molar-refractivity contribution in [2.45, 2.75) is 224 Å². The van der Waals surface area contributed by atoms with Gasteiger partial charge in [0, 0.05) is 12.8 Å². The van der Waals surface area contributed by atoms with Gasteiger partial charge in [0.05, 0.1) is 6.61 Å². The Morgan fingerprint density at radius 1 is 0.508 bits per heavy atom. The summed E-state index contributed by atoms with van der Waals surface area (Å²) in [5.74, 6) is -1.16. The third-order valence-electron chi connectivity index (χ3n) is 10.6. The first-order chi connectivity index (χ1) is 29.4. The molecule has 0 aromatic carbocycles. The quantitative estimate of drug-likeness (QED) is 0.0148. The van der Waals surface area contributed by atoms with Gasteiger partial charge in [0.15, 0.2) is 6.10 Å². The van der Waals surface area contributed by atoms with Gasteiger partial charge >= 0.3 is 19.8 Å². The molecule has 0 radical (unpaired) electrons. The van der Waals surface area contributed by atoms with E-state index in [1.54, 1.807) is 0 Å². The van der Waals surface area contributed by atoms with E-state index < -0.39 is 75.7 Å². The Bertz CT molecular complexity index is 1250. The molecule has 13 nitrogen and oxygen atoms in total. The molecule has 1 aliphatic carbocycles. The molecule has 14 heteroatoms. The number of ether oxygens (including phenoxy) is 2. The predicted octanol–water partition coefficient (Wildman–Crippen LogP) is 9.17. The van der Waals surface area contributed by atoms with E-state index in [4.69, 9.17) is 18.5 Å². The highest BCUT2D eigenvalue weighted by molar-refractivity contribution is 7.47. The first-order valence-corrected chi connectivity index (χ1v) is 24.9. The Morgan fingerprint density at radius 2 is 0.918 bits per heavy atom. The minimum atomic E-state index is -5.13. The van der Waals surface area contributed by atoms with E-state index >= 15 is 0 Å². The summed E-state index contributed by atoms with van der Waals surface area (Å²) in [5, 5.41) is 50.1. The molecule has 0 aromatic rings. The van der Waals surface area contributed by atoms with Crippen LogP contribution in [0.2, 0.25) is 0 Å². The van der Waals surface area contributed by atoms with Crippen molar-refractivity contribution in [1.29, 1.82) is 0 Å². The highest BCUT2D eigenvalue weighted by Crippen LogP contribution is 2.47. The number of carbonyl (C=O) groups excluding carboxylic acids is 2. The number of hydrogen-bond acceptors (Lipinski definition) is 12. The molecular weight excluding hydrogens is 803 g/mol. The van der Waals surface area contributed by atoms with Crippen LogP contribution in [-0.2, 0) is 32.7 Å². The minimum absolute atomic E-state index is 0.0829. The van der Waals surface area contributed by atoms with Gasteiger partial charge in [-0.05, 0) is 64.2 Å². The molecule has 354 valence electrons. The zero-order chi connectivity index (χ0) is 45.0. The zero-order valence-corrected chi connectivity index (χ0v) is 38.3. The van der Waals surface area contributed by atoms with Gasteiger partial charge in [0.2, 0.25) is 0 Å². The summed E-state index contributed by atoms with van der Waals surface area (Å²) in [5.41, 5.74) is 0. The standard InChI is InChI=1S/C47H83O13P/c1-3-5-7-9-11-13-15-17-19-20-22-23-25-27-29-31-33-35-40(48)57-37-39(38-58-61(55,56)60-47-45(53)43(51)42(50)44(52)46(47)54)59-41(49)36-34-32-30-28-26-24-21-18-16-14-12-10-8-6-4-2/h10,12,17,19,22-23,27,29,39,42-47,50-54H,3-9,11,13-16,18,20-21,24-26,28,30-38H2,1-2H3,(H,55,56)/b12-10+,19-17+,23-22+,29-27+/t39-,42?,43-,44?,45?,46?,47?/m0/s1. The molecule has 1 aliphatic rings. The van der Waals surface area contributed by atoms with E-state index in [1.807, 2.05) is 12.2 Å². The van der Waals surface area contributed by atoms with Crippen LogP contribution in [-0.4, -0.2) is 98.3 Å². The maximum atomic E-state index is 12.8. The molecule has 0 amide bonds. The van der Waals surface area contributed by atoms with Gasteiger partial charge in [-0.15, -0.1) is 0 Å². The Labute approximate surface area is 367 Å². The molecular formula is C47H83O13P. The summed E-state index contributed by atoms with van der Waals surface area (Å²) in [6, 6.07) is 0. The lowest BCUT2D eigenvalue weighted by atomic mass is 9.85. The van der Waals surface area contributed by atoms with Crippen LogP contribution < -0.4 is 0 Å². The molecule has 0 aliphatic heterocycles. The maximum absolute atomic E-state index is 12.8. The zero-order valence-electron chi connectivity index (χ0n) is 37.4. The third-order valence-corrected chi connectivity index (χ3v) is 11.6. The Kier molecular flexibility index (Phi) is 34.7. The monoisotopic (exact) mass is 887 g/mol. The number of phosphoric acid groups is 1. The van der Waals surface area contributed by atoms with Crippen molar-refractivity contribution in [2.75, 3.05) is 13.2 Å². The third kappa shape index (κ3) is 29.7. The summed E-state index contributed by atoms with van der Waals surface area (Å²) in [6.45, 7) is 3.22. The van der Waals surface area contributed by atoms with Crippen molar-refractivity contribution < 1.29 is 63.1 Å². The number of aliphatic hydroxyl groups is 5. The van der Waals surface area contributed by atoms with Crippen LogP contribution in [0.15, 0.2) is 48.6 Å². The number of aliphatic hydroxyl groups excluding tert-OH is 5. The van der Waals surface area contributed by atoms with Gasteiger partial charge in [-0.1, -0.05) is 152 Å². The number of phosphoric ester groups is 1. The van der Waals surface area contributed by atoms with Crippen LogP contribution in [0.1, 0.15) is 181 Å². The van der Waals surface area contributed by atoms with Gasteiger partial charge in [-0.3, -0.25) is 18.6 Å². The largest absolute Gasteiger partial charge is 0.472 e. The van der Waals surface area contributed by atoms with E-state index in [0.717, 1.165) is 51.4 Å². The molecule has 0 bridgehead atoms. The lowest BCUT2D eigenvalue weighted by Crippen LogP contribution is -2.64. The van der Waals surface area contributed by atoms with Crippen LogP contribution in [0.3, 0.4) is 0 Å². The lowest BCUT2D eigenvalue weighted by Gasteiger charge is -2.41. The number of hydrogen-bond donors (Lipinski definition) is 6. The Morgan fingerprint density at radius 3 is 1.46 bits per heavy atom. The maximum Gasteiger partial charge on any atom is 0.472 e. The molecule has 8 atom stereocenters. The van der Waals surface area contributed by atoms with Crippen LogP contribution >= 0.6 is 7.82 Å². The normalized spacial score (nSPS) is 22.4. The molecule has 6 N–H and O–H groups in total. The SMILES string of the molecule is CCCC/C=C/CCCCCCCCCCCC(=O)O[C@@H](COC(=O)CCC/C=C/C/C=C/C/C=C/CCCCCCCC)COP(=O)(O)OC1C(O)C(O)C(O)[C@H](O)C1O. The van der Waals surface area contributed by atoms with E-state index in [2.05, 4.69) is 50.3 Å². The van der Waals surface area contributed by atoms with Gasteiger partial charge in [-0.25, -0.2) is 4.57 Å². The molecule has 1 rings (SSSR count). The van der Waals surface area contributed by atoms with Gasteiger partial charge < -0.3 is 39.9 Å².